The Morgan fingerprint density at radius 3 is 1.92 bits per heavy atom. The maximum atomic E-state index is 14.8. The highest BCUT2D eigenvalue weighted by molar-refractivity contribution is 7.92. The molecule has 0 saturated carbocycles. The third-order valence-electron chi connectivity index (χ3n) is 8.35. The first-order chi connectivity index (χ1) is 31.1. The van der Waals surface area contributed by atoms with Crippen LogP contribution in [0.25, 0.3) is 11.6 Å². The number of sulfonamides is 1. The Morgan fingerprint density at radius 2 is 1.26 bits per heavy atom. The van der Waals surface area contributed by atoms with Gasteiger partial charge < -0.3 is 37.9 Å². The molecule has 0 unspecified atom stereocenters. The first-order valence-corrected chi connectivity index (χ1v) is 21.1. The highest BCUT2D eigenvalue weighted by Gasteiger charge is 2.35. The van der Waals surface area contributed by atoms with Gasteiger partial charge in [0.25, 0.3) is 15.9 Å². The highest BCUT2D eigenvalue weighted by Crippen LogP contribution is 2.43. The Labute approximate surface area is 373 Å². The summed E-state index contributed by atoms with van der Waals surface area (Å²) < 4.78 is 74.0. The summed E-state index contributed by atoms with van der Waals surface area (Å²) in [5.74, 6) is -1.46. The van der Waals surface area contributed by atoms with E-state index >= 15 is 0 Å². The topological polar surface area (TPSA) is 303 Å². The number of hydrogen-bond donors (Lipinski definition) is 4. The molecule has 0 aliphatic carbocycles. The molecule has 0 amide bonds. The lowest BCUT2D eigenvalue weighted by Crippen LogP contribution is -2.36. The first kappa shape index (κ1) is 51.6. The Hall–Kier alpha value is -6.07. The normalized spacial score (nSPS) is 11.6. The second-order valence-corrected chi connectivity index (χ2v) is 15.8. The molecule has 26 heteroatoms. The SMILES string of the molecule is COc1ccccc1Oc1c(OCCOC(=O)OCCCCCON(O)O)nc(-c2ncccn2)nc1N(COC(=O)OCCOCCON(O)O)S(=O)(=O)c1ccc(C(C)(C)C)cc1. The van der Waals surface area contributed by atoms with Gasteiger partial charge in [0.1, 0.15) is 19.8 Å². The number of para-hydroxylation sites is 2. The third kappa shape index (κ3) is 17.1. The number of benzene rings is 2. The molecule has 4 rings (SSSR count). The fourth-order valence-corrected chi connectivity index (χ4v) is 6.48. The van der Waals surface area contributed by atoms with Crippen molar-refractivity contribution in [3.05, 3.63) is 72.6 Å². The van der Waals surface area contributed by atoms with Gasteiger partial charge in [-0.3, -0.25) is 25.7 Å². The maximum Gasteiger partial charge on any atom is 0.510 e. The lowest BCUT2D eigenvalue weighted by molar-refractivity contribution is -0.493. The summed E-state index contributed by atoms with van der Waals surface area (Å²) in [5.41, 5.74) is 0.476. The lowest BCUT2D eigenvalue weighted by atomic mass is 9.87. The van der Waals surface area contributed by atoms with E-state index in [0.717, 1.165) is 5.56 Å². The largest absolute Gasteiger partial charge is 0.510 e. The quantitative estimate of drug-likeness (QED) is 0.0262. The molecule has 356 valence electrons. The monoisotopic (exact) mass is 937 g/mol. The fraction of sp³-hybridized carbons (Fsp3) is 0.436. The summed E-state index contributed by atoms with van der Waals surface area (Å²) in [7, 11) is -3.37. The van der Waals surface area contributed by atoms with E-state index in [4.69, 9.17) is 58.7 Å². The molecule has 0 radical (unpaired) electrons. The number of nitrogens with zero attached hydrogens (tertiary/aromatic N) is 7. The first-order valence-electron chi connectivity index (χ1n) is 19.6. The van der Waals surface area contributed by atoms with Gasteiger partial charge in [-0.15, -0.1) is 0 Å². The number of rotatable bonds is 27. The number of aromatic nitrogens is 4. The minimum atomic E-state index is -4.76. The highest BCUT2D eigenvalue weighted by atomic mass is 32.2. The summed E-state index contributed by atoms with van der Waals surface area (Å²) in [4.78, 5) is 51.4. The number of carbonyl (C=O) groups excluding carboxylic acids is 2. The van der Waals surface area contributed by atoms with E-state index in [1.165, 1.54) is 43.8 Å². The van der Waals surface area contributed by atoms with Crippen LogP contribution in [0.1, 0.15) is 45.6 Å². The molecule has 65 heavy (non-hydrogen) atoms. The molecule has 0 aliphatic rings. The van der Waals surface area contributed by atoms with Crippen LogP contribution in [0.4, 0.5) is 15.4 Å². The number of carbonyl (C=O) groups is 2. The van der Waals surface area contributed by atoms with Crippen molar-refractivity contribution in [1.82, 2.24) is 30.7 Å². The predicted octanol–water partition coefficient (Wildman–Crippen LogP) is 5.08. The van der Waals surface area contributed by atoms with Crippen molar-refractivity contribution in [2.75, 3.05) is 71.0 Å². The fourth-order valence-electron chi connectivity index (χ4n) is 5.21. The molecule has 2 heterocycles. The lowest BCUT2D eigenvalue weighted by Gasteiger charge is -2.26. The van der Waals surface area contributed by atoms with Crippen molar-refractivity contribution in [3.8, 4) is 34.8 Å². The van der Waals surface area contributed by atoms with Crippen molar-refractivity contribution in [2.45, 2.75) is 50.3 Å². The van der Waals surface area contributed by atoms with Gasteiger partial charge in [0.2, 0.25) is 11.6 Å². The molecule has 0 spiro atoms. The van der Waals surface area contributed by atoms with Crippen LogP contribution in [0.5, 0.6) is 23.1 Å². The van der Waals surface area contributed by atoms with Gasteiger partial charge in [-0.1, -0.05) is 45.0 Å². The van der Waals surface area contributed by atoms with E-state index in [1.54, 1.807) is 30.3 Å². The molecular formula is C39H51N7O18S. The summed E-state index contributed by atoms with van der Waals surface area (Å²) in [5, 5.41) is 33.6. The molecule has 25 nitrogen and oxygen atoms in total. The smallest absolute Gasteiger partial charge is 0.493 e. The Morgan fingerprint density at radius 1 is 0.662 bits per heavy atom. The number of hydrogen-bond acceptors (Lipinski definition) is 24. The Balaban J connectivity index is 1.72. The van der Waals surface area contributed by atoms with Gasteiger partial charge in [0.05, 0.1) is 55.8 Å². The summed E-state index contributed by atoms with van der Waals surface area (Å²) in [6, 6.07) is 13.9. The molecule has 4 N–H and O–H groups in total. The zero-order chi connectivity index (χ0) is 47.2. The molecule has 0 aliphatic heterocycles. The summed E-state index contributed by atoms with van der Waals surface area (Å²) in [6.45, 7) is 3.17. The molecular weight excluding hydrogens is 887 g/mol. The van der Waals surface area contributed by atoms with Crippen LogP contribution >= 0.6 is 0 Å². The van der Waals surface area contributed by atoms with Gasteiger partial charge in [-0.25, -0.2) is 42.1 Å². The van der Waals surface area contributed by atoms with Crippen LogP contribution < -0.4 is 18.5 Å². The van der Waals surface area contributed by atoms with Gasteiger partial charge in [-0.05, 0) is 60.6 Å². The molecule has 0 fully saturated rings. The Kier molecular flexibility index (Phi) is 20.6. The Bertz CT molecular complexity index is 2180. The number of anilines is 1. The third-order valence-corrected chi connectivity index (χ3v) is 10.1. The van der Waals surface area contributed by atoms with Crippen molar-refractivity contribution in [3.63, 3.8) is 0 Å². The average molecular weight is 938 g/mol. The van der Waals surface area contributed by atoms with Crippen LogP contribution in [0, 0.1) is 0 Å². The van der Waals surface area contributed by atoms with E-state index in [9.17, 15) is 18.0 Å². The molecule has 0 atom stereocenters. The van der Waals surface area contributed by atoms with E-state index < -0.39 is 70.5 Å². The second-order valence-electron chi connectivity index (χ2n) is 14.0. The van der Waals surface area contributed by atoms with Crippen molar-refractivity contribution < 1.29 is 86.4 Å². The van der Waals surface area contributed by atoms with Crippen molar-refractivity contribution >= 4 is 28.2 Å². The van der Waals surface area contributed by atoms with Crippen molar-refractivity contribution in [2.24, 2.45) is 0 Å². The van der Waals surface area contributed by atoms with Gasteiger partial charge in [0, 0.05) is 12.4 Å². The average Bonchev–Trinajstić information content (AvgIpc) is 3.27. The van der Waals surface area contributed by atoms with Crippen LogP contribution in [0.3, 0.4) is 0 Å². The van der Waals surface area contributed by atoms with Crippen molar-refractivity contribution in [1.29, 1.82) is 0 Å². The van der Waals surface area contributed by atoms with E-state index in [1.807, 2.05) is 20.8 Å². The second kappa shape index (κ2) is 26.0. The summed E-state index contributed by atoms with van der Waals surface area (Å²) >= 11 is 0. The molecule has 4 aromatic rings. The zero-order valence-electron chi connectivity index (χ0n) is 35.9. The number of methoxy groups -OCH3 is 1. The molecule has 2 aromatic carbocycles. The number of ether oxygens (including phenoxy) is 8. The van der Waals surface area contributed by atoms with E-state index in [-0.39, 0.29) is 73.1 Å². The molecule has 0 bridgehead atoms. The van der Waals surface area contributed by atoms with Crippen LogP contribution in [0.15, 0.2) is 71.9 Å². The minimum Gasteiger partial charge on any atom is -0.493 e. The van der Waals surface area contributed by atoms with Crippen LogP contribution in [-0.4, -0.2) is 139 Å². The van der Waals surface area contributed by atoms with Gasteiger partial charge in [0.15, 0.2) is 29.9 Å². The van der Waals surface area contributed by atoms with Gasteiger partial charge in [-0.2, -0.15) is 4.98 Å². The zero-order valence-corrected chi connectivity index (χ0v) is 36.7. The van der Waals surface area contributed by atoms with E-state index in [2.05, 4.69) is 29.6 Å². The van der Waals surface area contributed by atoms with Crippen LogP contribution in [0.2, 0.25) is 0 Å². The van der Waals surface area contributed by atoms with Gasteiger partial charge >= 0.3 is 12.3 Å². The molecule has 2 aromatic heterocycles. The maximum absolute atomic E-state index is 14.8. The standard InChI is InChI=1S/C39H51N7O18S/c1-39(2,3)28-13-15-29(16-14-28)65(53,54)44(27-61-38(48)59-23-21-56-22-26-63-46(51)52)35-32(64-31-12-7-6-11-30(31)55-4)36(43-34(42-35)33-40-17-10-18-41-33)57-24-25-60-37(47)58-19-8-5-9-20-62-45(49)50/h6-7,10-18,49-52H,5,8-9,19-27H2,1-4H3. The number of unbranched alkanes of at least 4 members (excludes halogenated alkanes) is 2. The predicted molar refractivity (Wildman–Crippen MR) is 218 cm³/mol. The van der Waals surface area contributed by atoms with E-state index in [0.29, 0.717) is 23.6 Å². The minimum absolute atomic E-state index is 0.00781. The molecule has 0 saturated heterocycles. The van der Waals surface area contributed by atoms with Crippen LogP contribution in [-0.2, 0) is 48.8 Å². The summed E-state index contributed by atoms with van der Waals surface area (Å²) in [6.07, 6.45) is 1.86.